The highest BCUT2D eigenvalue weighted by Crippen LogP contribution is 2.35. The number of halogens is 2. The molecular weight excluding hydrogens is 318 g/mol. The van der Waals surface area contributed by atoms with Crippen LogP contribution in [0.1, 0.15) is 15.9 Å². The highest BCUT2D eigenvalue weighted by Gasteiger charge is 2.33. The second kappa shape index (κ2) is 4.10. The Morgan fingerprint density at radius 1 is 1.44 bits per heavy atom. The van der Waals surface area contributed by atoms with Crippen molar-refractivity contribution in [3.8, 4) is 0 Å². The molecular formula is C12H9BrClN3O. The fourth-order valence-corrected chi connectivity index (χ4v) is 3.03. The number of nitrogens with zero attached hydrogens (tertiary/aromatic N) is 3. The predicted octanol–water partition coefficient (Wildman–Crippen LogP) is 3.00. The molecule has 0 spiro atoms. The minimum Gasteiger partial charge on any atom is -0.287 e. The van der Waals surface area contributed by atoms with Crippen molar-refractivity contribution in [2.24, 2.45) is 7.05 Å². The fourth-order valence-electron chi connectivity index (χ4n) is 2.20. The highest BCUT2D eigenvalue weighted by molar-refractivity contribution is 9.10. The lowest BCUT2D eigenvalue weighted by atomic mass is 10.1. The molecule has 1 aliphatic heterocycles. The maximum absolute atomic E-state index is 12.4. The molecule has 0 saturated heterocycles. The number of carbonyl (C=O) groups is 1. The summed E-state index contributed by atoms with van der Waals surface area (Å²) >= 11 is 9.50. The summed E-state index contributed by atoms with van der Waals surface area (Å²) < 4.78 is 2.46. The number of aryl methyl sites for hydroxylation is 1. The van der Waals surface area contributed by atoms with E-state index in [0.29, 0.717) is 17.1 Å². The molecule has 92 valence electrons. The molecule has 0 N–H and O–H groups in total. The molecule has 1 aromatic carbocycles. The molecule has 1 aliphatic rings. The summed E-state index contributed by atoms with van der Waals surface area (Å²) in [6.45, 7) is 0.521. The van der Waals surface area contributed by atoms with Gasteiger partial charge in [0.1, 0.15) is 5.82 Å². The van der Waals surface area contributed by atoms with Crippen LogP contribution >= 0.6 is 27.5 Å². The molecule has 2 heterocycles. The van der Waals surface area contributed by atoms with Crippen molar-refractivity contribution < 1.29 is 4.79 Å². The predicted molar refractivity (Wildman–Crippen MR) is 72.9 cm³/mol. The Labute approximate surface area is 117 Å². The number of aromatic nitrogens is 2. The molecule has 18 heavy (non-hydrogen) atoms. The Morgan fingerprint density at radius 3 is 2.83 bits per heavy atom. The monoisotopic (exact) mass is 325 g/mol. The number of amides is 1. The Kier molecular flexibility index (Phi) is 2.68. The summed E-state index contributed by atoms with van der Waals surface area (Å²) in [5, 5.41) is 4.62. The zero-order valence-electron chi connectivity index (χ0n) is 9.52. The number of rotatable bonds is 1. The standard InChI is InChI=1S/C12H9BrClN3O/c1-16-11(8(13)5-15-16)17-6-7-3-2-4-9(14)10(7)12(17)18/h2-5H,6H2,1H3. The number of benzene rings is 1. The Morgan fingerprint density at radius 2 is 2.22 bits per heavy atom. The first-order valence-electron chi connectivity index (χ1n) is 5.36. The van der Waals surface area contributed by atoms with E-state index < -0.39 is 0 Å². The summed E-state index contributed by atoms with van der Waals surface area (Å²) in [5.41, 5.74) is 1.54. The van der Waals surface area contributed by atoms with Crippen LogP contribution in [0.25, 0.3) is 0 Å². The van der Waals surface area contributed by atoms with Gasteiger partial charge in [0.25, 0.3) is 5.91 Å². The lowest BCUT2D eigenvalue weighted by Gasteiger charge is -2.16. The number of fused-ring (bicyclic) bond motifs is 1. The highest BCUT2D eigenvalue weighted by atomic mass is 79.9. The van der Waals surface area contributed by atoms with Crippen LogP contribution in [-0.2, 0) is 13.6 Å². The van der Waals surface area contributed by atoms with Crippen LogP contribution in [0.4, 0.5) is 5.82 Å². The largest absolute Gasteiger partial charge is 0.287 e. The van der Waals surface area contributed by atoms with Crippen LogP contribution in [0.3, 0.4) is 0 Å². The fraction of sp³-hybridized carbons (Fsp3) is 0.167. The molecule has 0 radical (unpaired) electrons. The van der Waals surface area contributed by atoms with Crippen LogP contribution in [-0.4, -0.2) is 15.7 Å². The van der Waals surface area contributed by atoms with Crippen LogP contribution in [0.5, 0.6) is 0 Å². The van der Waals surface area contributed by atoms with Crippen LogP contribution in [0, 0.1) is 0 Å². The van der Waals surface area contributed by atoms with Crippen LogP contribution in [0.2, 0.25) is 5.02 Å². The Balaban J connectivity index is 2.11. The third-order valence-corrected chi connectivity index (χ3v) is 3.88. The quantitative estimate of drug-likeness (QED) is 0.808. The van der Waals surface area contributed by atoms with E-state index in [-0.39, 0.29) is 5.91 Å². The smallest absolute Gasteiger partial charge is 0.261 e. The van der Waals surface area contributed by atoms with E-state index in [1.165, 1.54) is 0 Å². The van der Waals surface area contributed by atoms with Gasteiger partial charge in [-0.15, -0.1) is 0 Å². The number of hydrogen-bond donors (Lipinski definition) is 0. The van der Waals surface area contributed by atoms with E-state index in [1.807, 2.05) is 12.1 Å². The van der Waals surface area contributed by atoms with Gasteiger partial charge in [-0.05, 0) is 27.6 Å². The molecule has 0 aliphatic carbocycles. The Bertz CT molecular complexity index is 633. The van der Waals surface area contributed by atoms with Crippen molar-refractivity contribution in [3.05, 3.63) is 45.0 Å². The topological polar surface area (TPSA) is 38.1 Å². The minimum absolute atomic E-state index is 0.0834. The second-order valence-electron chi connectivity index (χ2n) is 4.10. The van der Waals surface area contributed by atoms with E-state index in [1.54, 1.807) is 28.9 Å². The molecule has 1 aromatic heterocycles. The van der Waals surface area contributed by atoms with E-state index in [2.05, 4.69) is 21.0 Å². The van der Waals surface area contributed by atoms with E-state index >= 15 is 0 Å². The lowest BCUT2D eigenvalue weighted by molar-refractivity contribution is 0.0995. The molecule has 0 unspecified atom stereocenters. The van der Waals surface area contributed by atoms with Crippen molar-refractivity contribution in [3.63, 3.8) is 0 Å². The van der Waals surface area contributed by atoms with Crippen LogP contribution in [0.15, 0.2) is 28.9 Å². The number of hydrogen-bond acceptors (Lipinski definition) is 2. The first-order chi connectivity index (χ1) is 8.59. The summed E-state index contributed by atoms with van der Waals surface area (Å²) in [7, 11) is 1.80. The lowest BCUT2D eigenvalue weighted by Crippen LogP contribution is -2.25. The van der Waals surface area contributed by atoms with Gasteiger partial charge in [-0.25, -0.2) is 0 Å². The molecule has 3 rings (SSSR count). The maximum atomic E-state index is 12.4. The van der Waals surface area contributed by atoms with Gasteiger partial charge in [-0.3, -0.25) is 14.4 Å². The van der Waals surface area contributed by atoms with Crippen molar-refractivity contribution in [1.82, 2.24) is 9.78 Å². The zero-order chi connectivity index (χ0) is 12.9. The van der Waals surface area contributed by atoms with E-state index in [4.69, 9.17) is 11.6 Å². The molecule has 0 atom stereocenters. The van der Waals surface area contributed by atoms with E-state index in [0.717, 1.165) is 15.9 Å². The summed E-state index contributed by atoms with van der Waals surface area (Å²) in [6, 6.07) is 5.51. The number of anilines is 1. The van der Waals surface area contributed by atoms with Crippen molar-refractivity contribution in [1.29, 1.82) is 0 Å². The van der Waals surface area contributed by atoms with Gasteiger partial charge in [-0.1, -0.05) is 23.7 Å². The second-order valence-corrected chi connectivity index (χ2v) is 5.37. The van der Waals surface area contributed by atoms with Gasteiger partial charge in [0.2, 0.25) is 0 Å². The van der Waals surface area contributed by atoms with Gasteiger partial charge in [0.05, 0.1) is 27.8 Å². The normalized spacial score (nSPS) is 14.2. The van der Waals surface area contributed by atoms with Gasteiger partial charge < -0.3 is 0 Å². The average Bonchev–Trinajstić information content (AvgIpc) is 2.82. The van der Waals surface area contributed by atoms with Crippen molar-refractivity contribution in [2.75, 3.05) is 4.90 Å². The van der Waals surface area contributed by atoms with Gasteiger partial charge >= 0.3 is 0 Å². The van der Waals surface area contributed by atoms with Crippen LogP contribution < -0.4 is 4.90 Å². The third-order valence-electron chi connectivity index (χ3n) is 3.01. The summed E-state index contributed by atoms with van der Waals surface area (Å²) in [6.07, 6.45) is 1.67. The molecule has 4 nitrogen and oxygen atoms in total. The zero-order valence-corrected chi connectivity index (χ0v) is 11.9. The SMILES string of the molecule is Cn1ncc(Br)c1N1Cc2cccc(Cl)c2C1=O. The van der Waals surface area contributed by atoms with Crippen molar-refractivity contribution >= 4 is 39.3 Å². The summed E-state index contributed by atoms with van der Waals surface area (Å²) in [5.74, 6) is 0.659. The molecule has 2 aromatic rings. The van der Waals surface area contributed by atoms with Crippen molar-refractivity contribution in [2.45, 2.75) is 6.54 Å². The first kappa shape index (κ1) is 11.7. The molecule has 0 bridgehead atoms. The molecule has 0 fully saturated rings. The van der Waals surface area contributed by atoms with Gasteiger partial charge in [0.15, 0.2) is 0 Å². The first-order valence-corrected chi connectivity index (χ1v) is 6.53. The molecule has 1 amide bonds. The van der Waals surface area contributed by atoms with E-state index in [9.17, 15) is 4.79 Å². The molecule has 6 heteroatoms. The Hall–Kier alpha value is -1.33. The molecule has 0 saturated carbocycles. The third kappa shape index (κ3) is 1.58. The summed E-state index contributed by atoms with van der Waals surface area (Å²) in [4.78, 5) is 14.1. The average molecular weight is 327 g/mol. The maximum Gasteiger partial charge on any atom is 0.261 e. The minimum atomic E-state index is -0.0834. The number of carbonyl (C=O) groups excluding carboxylic acids is 1. The van der Waals surface area contributed by atoms with Gasteiger partial charge in [0, 0.05) is 7.05 Å². The van der Waals surface area contributed by atoms with Gasteiger partial charge in [-0.2, -0.15) is 5.10 Å².